The van der Waals surface area contributed by atoms with Crippen molar-refractivity contribution in [3.8, 4) is 5.88 Å². The molecular formula is C10H13IN2O3. The molecule has 2 rings (SSSR count). The van der Waals surface area contributed by atoms with Crippen LogP contribution in [0.1, 0.15) is 12.8 Å². The molecule has 0 aromatic carbocycles. The van der Waals surface area contributed by atoms with Gasteiger partial charge in [0.1, 0.15) is 3.57 Å². The van der Waals surface area contributed by atoms with Gasteiger partial charge in [-0.2, -0.15) is 0 Å². The Hall–Kier alpha value is -0.630. The first-order valence-corrected chi connectivity index (χ1v) is 6.29. The van der Waals surface area contributed by atoms with Crippen molar-refractivity contribution < 1.29 is 9.47 Å². The Morgan fingerprint density at radius 3 is 3.06 bits per heavy atom. The maximum absolute atomic E-state index is 11.3. The van der Waals surface area contributed by atoms with Crippen LogP contribution in [0.5, 0.6) is 5.88 Å². The molecule has 1 saturated heterocycles. The lowest BCUT2D eigenvalue weighted by Gasteiger charge is -2.21. The van der Waals surface area contributed by atoms with Crippen molar-refractivity contribution >= 4 is 22.6 Å². The second-order valence-corrected chi connectivity index (χ2v) is 4.80. The number of nitrogens with zero attached hydrogens (tertiary/aromatic N) is 1. The van der Waals surface area contributed by atoms with Gasteiger partial charge in [0.25, 0.3) is 5.56 Å². The van der Waals surface area contributed by atoms with Gasteiger partial charge in [-0.3, -0.25) is 4.79 Å². The van der Waals surface area contributed by atoms with E-state index in [9.17, 15) is 4.79 Å². The van der Waals surface area contributed by atoms with Crippen LogP contribution in [0.25, 0.3) is 0 Å². The lowest BCUT2D eigenvalue weighted by molar-refractivity contribution is 0.0488. The molecule has 1 aliphatic heterocycles. The molecular weight excluding hydrogens is 323 g/mol. The molecule has 88 valence electrons. The van der Waals surface area contributed by atoms with Crippen molar-refractivity contribution in [2.24, 2.45) is 5.92 Å². The summed E-state index contributed by atoms with van der Waals surface area (Å²) >= 11 is 1.94. The highest BCUT2D eigenvalue weighted by molar-refractivity contribution is 14.1. The van der Waals surface area contributed by atoms with Crippen LogP contribution < -0.4 is 10.3 Å². The lowest BCUT2D eigenvalue weighted by Crippen LogP contribution is -2.23. The molecule has 0 amide bonds. The van der Waals surface area contributed by atoms with Gasteiger partial charge >= 0.3 is 0 Å². The van der Waals surface area contributed by atoms with Gasteiger partial charge in [0.05, 0.1) is 12.9 Å². The fourth-order valence-electron chi connectivity index (χ4n) is 1.58. The highest BCUT2D eigenvalue weighted by Gasteiger charge is 2.15. The van der Waals surface area contributed by atoms with Gasteiger partial charge in [-0.05, 0) is 41.4 Å². The fourth-order valence-corrected chi connectivity index (χ4v) is 2.03. The predicted octanol–water partition coefficient (Wildman–Crippen LogP) is 1.18. The Balaban J connectivity index is 1.93. The molecule has 2 heterocycles. The van der Waals surface area contributed by atoms with Crippen LogP contribution in [0.15, 0.2) is 11.1 Å². The average molecular weight is 336 g/mol. The van der Waals surface area contributed by atoms with E-state index >= 15 is 0 Å². The average Bonchev–Trinajstić information content (AvgIpc) is 2.32. The van der Waals surface area contributed by atoms with Crippen LogP contribution >= 0.6 is 22.6 Å². The van der Waals surface area contributed by atoms with E-state index in [2.05, 4.69) is 9.97 Å². The van der Waals surface area contributed by atoms with Crippen molar-refractivity contribution in [2.45, 2.75) is 12.8 Å². The van der Waals surface area contributed by atoms with Gasteiger partial charge in [-0.25, -0.2) is 4.98 Å². The van der Waals surface area contributed by atoms with Gasteiger partial charge in [0.2, 0.25) is 5.88 Å². The van der Waals surface area contributed by atoms with E-state index in [1.165, 1.54) is 6.33 Å². The first kappa shape index (κ1) is 11.8. The monoisotopic (exact) mass is 336 g/mol. The van der Waals surface area contributed by atoms with E-state index in [4.69, 9.17) is 9.47 Å². The first-order valence-electron chi connectivity index (χ1n) is 5.21. The minimum absolute atomic E-state index is 0.155. The zero-order valence-electron chi connectivity index (χ0n) is 8.74. The van der Waals surface area contributed by atoms with Crippen molar-refractivity contribution in [3.63, 3.8) is 0 Å². The minimum Gasteiger partial charge on any atom is -0.476 e. The number of hydrogen-bond donors (Lipinski definition) is 1. The molecule has 1 N–H and O–H groups in total. The number of nitrogens with one attached hydrogen (secondary N) is 1. The van der Waals surface area contributed by atoms with Crippen molar-refractivity contribution in [2.75, 3.05) is 19.8 Å². The van der Waals surface area contributed by atoms with Gasteiger partial charge in [-0.15, -0.1) is 0 Å². The second kappa shape index (κ2) is 5.62. The van der Waals surface area contributed by atoms with E-state index in [-0.39, 0.29) is 5.56 Å². The van der Waals surface area contributed by atoms with Gasteiger partial charge < -0.3 is 14.5 Å². The third-order valence-corrected chi connectivity index (χ3v) is 3.51. The van der Waals surface area contributed by atoms with Crippen LogP contribution in [0.3, 0.4) is 0 Å². The predicted molar refractivity (Wildman–Crippen MR) is 66.6 cm³/mol. The first-order chi connectivity index (χ1) is 7.77. The molecule has 0 unspecified atom stereocenters. The number of aromatic amines is 1. The van der Waals surface area contributed by atoms with E-state index < -0.39 is 0 Å². The Morgan fingerprint density at radius 2 is 2.31 bits per heavy atom. The van der Waals surface area contributed by atoms with Crippen LogP contribution in [0.4, 0.5) is 0 Å². The number of rotatable bonds is 3. The molecule has 0 bridgehead atoms. The Morgan fingerprint density at radius 1 is 1.56 bits per heavy atom. The minimum atomic E-state index is -0.155. The Labute approximate surface area is 107 Å². The maximum Gasteiger partial charge on any atom is 0.268 e. The summed E-state index contributed by atoms with van der Waals surface area (Å²) in [5.41, 5.74) is -0.155. The van der Waals surface area contributed by atoms with E-state index in [1.54, 1.807) is 0 Å². The summed E-state index contributed by atoms with van der Waals surface area (Å²) < 4.78 is 11.3. The number of hydrogen-bond acceptors (Lipinski definition) is 4. The quantitative estimate of drug-likeness (QED) is 0.842. The van der Waals surface area contributed by atoms with Gasteiger partial charge in [0.15, 0.2) is 0 Å². The summed E-state index contributed by atoms with van der Waals surface area (Å²) in [7, 11) is 0. The Kier molecular flexibility index (Phi) is 4.16. The standard InChI is InChI=1S/C10H13IN2O3/c11-8-9(14)12-6-13-10(8)16-5-7-1-3-15-4-2-7/h6-7H,1-5H2,(H,12,13,14). The third kappa shape index (κ3) is 2.94. The van der Waals surface area contributed by atoms with Crippen LogP contribution in [-0.2, 0) is 4.74 Å². The molecule has 1 aliphatic rings. The number of halogens is 1. The fraction of sp³-hybridized carbons (Fsp3) is 0.600. The molecule has 1 aromatic rings. The zero-order chi connectivity index (χ0) is 11.4. The van der Waals surface area contributed by atoms with Gasteiger partial charge in [0, 0.05) is 13.2 Å². The summed E-state index contributed by atoms with van der Waals surface area (Å²) in [6.07, 6.45) is 3.39. The van der Waals surface area contributed by atoms with Crippen LogP contribution in [0.2, 0.25) is 0 Å². The highest BCUT2D eigenvalue weighted by atomic mass is 127. The largest absolute Gasteiger partial charge is 0.476 e. The molecule has 5 nitrogen and oxygen atoms in total. The number of ether oxygens (including phenoxy) is 2. The normalized spacial score (nSPS) is 17.3. The SMILES string of the molecule is O=c1[nH]cnc(OCC2CCOCC2)c1I. The molecule has 0 spiro atoms. The van der Waals surface area contributed by atoms with Crippen molar-refractivity contribution in [1.82, 2.24) is 9.97 Å². The summed E-state index contributed by atoms with van der Waals surface area (Å²) in [6, 6.07) is 0. The number of aromatic nitrogens is 2. The number of H-pyrrole nitrogens is 1. The van der Waals surface area contributed by atoms with Crippen LogP contribution in [-0.4, -0.2) is 29.8 Å². The van der Waals surface area contributed by atoms with E-state index in [1.807, 2.05) is 22.6 Å². The van der Waals surface area contributed by atoms with Crippen molar-refractivity contribution in [1.29, 1.82) is 0 Å². The lowest BCUT2D eigenvalue weighted by atomic mass is 10.0. The molecule has 1 fully saturated rings. The van der Waals surface area contributed by atoms with E-state index in [0.717, 1.165) is 26.1 Å². The molecule has 16 heavy (non-hydrogen) atoms. The summed E-state index contributed by atoms with van der Waals surface area (Å²) in [6.45, 7) is 2.21. The smallest absolute Gasteiger partial charge is 0.268 e. The molecule has 0 atom stereocenters. The van der Waals surface area contributed by atoms with Crippen molar-refractivity contribution in [3.05, 3.63) is 20.3 Å². The molecule has 6 heteroatoms. The molecule has 1 aromatic heterocycles. The van der Waals surface area contributed by atoms with Crippen LogP contribution in [0, 0.1) is 9.49 Å². The summed E-state index contributed by atoms with van der Waals surface area (Å²) in [4.78, 5) is 17.8. The van der Waals surface area contributed by atoms with E-state index in [0.29, 0.717) is 22.0 Å². The molecule has 0 aliphatic carbocycles. The highest BCUT2D eigenvalue weighted by Crippen LogP contribution is 2.18. The topological polar surface area (TPSA) is 64.2 Å². The second-order valence-electron chi connectivity index (χ2n) is 3.72. The molecule has 0 radical (unpaired) electrons. The zero-order valence-corrected chi connectivity index (χ0v) is 10.9. The summed E-state index contributed by atoms with van der Waals surface area (Å²) in [5, 5.41) is 0. The maximum atomic E-state index is 11.3. The van der Waals surface area contributed by atoms with Gasteiger partial charge in [-0.1, -0.05) is 0 Å². The Bertz CT molecular complexity index is 401. The third-order valence-electron chi connectivity index (χ3n) is 2.56. The summed E-state index contributed by atoms with van der Waals surface area (Å²) in [5.74, 6) is 0.932. The molecule has 0 saturated carbocycles.